The van der Waals surface area contributed by atoms with Crippen LogP contribution in [0.15, 0.2) is 42.6 Å². The number of aryl methyl sites for hydroxylation is 1. The third-order valence-corrected chi connectivity index (χ3v) is 5.55. The van der Waals surface area contributed by atoms with Crippen LogP contribution in [0.25, 0.3) is 0 Å². The fraction of sp³-hybridized carbons (Fsp3) is 0.478. The van der Waals surface area contributed by atoms with Gasteiger partial charge in [0.25, 0.3) is 0 Å². The molecule has 1 N–H and O–H groups in total. The number of unbranched alkanes of at least 4 members (excludes halogenated alkanes) is 1. The molecule has 0 bridgehead atoms. The molecule has 0 aliphatic heterocycles. The Kier molecular flexibility index (Phi) is 7.48. The summed E-state index contributed by atoms with van der Waals surface area (Å²) in [6.07, 6.45) is 0.942. The predicted octanol–water partition coefficient (Wildman–Crippen LogP) is 4.87. The molecule has 174 valence electrons. The number of aromatic nitrogens is 1. The summed E-state index contributed by atoms with van der Waals surface area (Å²) in [7, 11) is 1.93. The number of halogens is 3. The molecule has 0 unspecified atom stereocenters. The molecule has 0 radical (unpaired) electrons. The lowest BCUT2D eigenvalue weighted by atomic mass is 10.2. The van der Waals surface area contributed by atoms with Gasteiger partial charge in [0.2, 0.25) is 5.91 Å². The summed E-state index contributed by atoms with van der Waals surface area (Å²) in [5.74, 6) is -0.132. The number of urea groups is 1. The first-order chi connectivity index (χ1) is 15.2. The van der Waals surface area contributed by atoms with Crippen molar-refractivity contribution in [2.45, 2.75) is 51.4 Å². The zero-order valence-corrected chi connectivity index (χ0v) is 18.4. The van der Waals surface area contributed by atoms with Crippen LogP contribution in [0, 0.1) is 0 Å². The number of rotatable bonds is 9. The zero-order chi connectivity index (χ0) is 23.3. The lowest BCUT2D eigenvalue weighted by Crippen LogP contribution is -2.45. The molecular weight excluding hydrogens is 421 g/mol. The minimum atomic E-state index is -4.44. The van der Waals surface area contributed by atoms with Gasteiger partial charge in [-0.3, -0.25) is 4.79 Å². The smallest absolute Gasteiger partial charge is 0.353 e. The number of nitrogens with zero attached hydrogens (tertiary/aromatic N) is 3. The fourth-order valence-electron chi connectivity index (χ4n) is 3.44. The van der Waals surface area contributed by atoms with Gasteiger partial charge in [0.1, 0.15) is 6.54 Å². The standard InChI is InChI=1S/C23H29F3N4O2/c1-3-4-14-29(22(32)27-18-9-7-17(8-10-18)23(24,25)26)16-21(31)30(19-11-12-19)15-20-6-5-13-28(20)2/h5-10,13,19H,3-4,11-12,14-16H2,1-2H3,(H,27,32). The van der Waals surface area contributed by atoms with Gasteiger partial charge in [-0.25, -0.2) is 4.79 Å². The van der Waals surface area contributed by atoms with Crippen LogP contribution in [0.2, 0.25) is 0 Å². The number of nitrogens with one attached hydrogen (secondary N) is 1. The van der Waals surface area contributed by atoms with E-state index in [1.54, 1.807) is 0 Å². The maximum absolute atomic E-state index is 13.1. The quantitative estimate of drug-likeness (QED) is 0.593. The summed E-state index contributed by atoms with van der Waals surface area (Å²) in [6, 6.07) is 7.85. The Balaban J connectivity index is 1.67. The van der Waals surface area contributed by atoms with Gasteiger partial charge in [0, 0.05) is 37.2 Å². The molecule has 3 amide bonds. The van der Waals surface area contributed by atoms with Crippen LogP contribution in [0.5, 0.6) is 0 Å². The number of hydrogen-bond donors (Lipinski definition) is 1. The fourth-order valence-corrected chi connectivity index (χ4v) is 3.44. The van der Waals surface area contributed by atoms with Gasteiger partial charge < -0.3 is 19.7 Å². The number of hydrogen-bond acceptors (Lipinski definition) is 2. The highest BCUT2D eigenvalue weighted by Crippen LogP contribution is 2.30. The molecule has 0 atom stereocenters. The van der Waals surface area contributed by atoms with Crippen molar-refractivity contribution in [3.63, 3.8) is 0 Å². The van der Waals surface area contributed by atoms with Crippen molar-refractivity contribution in [3.05, 3.63) is 53.9 Å². The van der Waals surface area contributed by atoms with Gasteiger partial charge >= 0.3 is 12.2 Å². The van der Waals surface area contributed by atoms with Crippen LogP contribution in [0.4, 0.5) is 23.7 Å². The summed E-state index contributed by atoms with van der Waals surface area (Å²) >= 11 is 0. The van der Waals surface area contributed by atoms with Crippen LogP contribution < -0.4 is 5.32 Å². The Hall–Kier alpha value is -2.97. The molecule has 1 fully saturated rings. The van der Waals surface area contributed by atoms with E-state index in [1.807, 2.05) is 41.8 Å². The van der Waals surface area contributed by atoms with Gasteiger partial charge in [-0.1, -0.05) is 13.3 Å². The van der Waals surface area contributed by atoms with Gasteiger partial charge in [0.05, 0.1) is 12.1 Å². The molecule has 6 nitrogen and oxygen atoms in total. The molecule has 9 heteroatoms. The van der Waals surface area contributed by atoms with E-state index in [1.165, 1.54) is 17.0 Å². The summed E-state index contributed by atoms with van der Waals surface area (Å²) in [5.41, 5.74) is 0.480. The second-order valence-corrected chi connectivity index (χ2v) is 8.14. The molecule has 1 saturated carbocycles. The summed E-state index contributed by atoms with van der Waals surface area (Å²) < 4.78 is 40.2. The molecular formula is C23H29F3N4O2. The van der Waals surface area contributed by atoms with Gasteiger partial charge in [-0.05, 0) is 55.7 Å². The molecule has 0 saturated heterocycles. The number of anilines is 1. The third kappa shape index (κ3) is 6.27. The average molecular weight is 451 g/mol. The maximum Gasteiger partial charge on any atom is 0.416 e. The lowest BCUT2D eigenvalue weighted by molar-refractivity contribution is -0.137. The first kappa shape index (κ1) is 23.7. The normalized spacial score (nSPS) is 13.7. The van der Waals surface area contributed by atoms with Crippen molar-refractivity contribution in [3.8, 4) is 0 Å². The van der Waals surface area contributed by atoms with Crippen LogP contribution >= 0.6 is 0 Å². The first-order valence-corrected chi connectivity index (χ1v) is 10.8. The summed E-state index contributed by atoms with van der Waals surface area (Å²) in [5, 5.41) is 2.62. The monoisotopic (exact) mass is 450 g/mol. The van der Waals surface area contributed by atoms with Crippen molar-refractivity contribution in [2.75, 3.05) is 18.4 Å². The highest BCUT2D eigenvalue weighted by atomic mass is 19.4. The molecule has 3 rings (SSSR count). The molecule has 1 heterocycles. The van der Waals surface area contributed by atoms with E-state index in [0.29, 0.717) is 13.1 Å². The second-order valence-electron chi connectivity index (χ2n) is 8.14. The van der Waals surface area contributed by atoms with E-state index in [2.05, 4.69) is 5.32 Å². The van der Waals surface area contributed by atoms with Crippen LogP contribution in [-0.4, -0.2) is 45.4 Å². The highest BCUT2D eigenvalue weighted by molar-refractivity contribution is 5.92. The Morgan fingerprint density at radius 3 is 2.38 bits per heavy atom. The number of benzene rings is 1. The van der Waals surface area contributed by atoms with E-state index < -0.39 is 17.8 Å². The number of alkyl halides is 3. The van der Waals surface area contributed by atoms with E-state index >= 15 is 0 Å². The number of carbonyl (C=O) groups is 2. The molecule has 1 aromatic carbocycles. The minimum Gasteiger partial charge on any atom is -0.353 e. The van der Waals surface area contributed by atoms with Crippen molar-refractivity contribution >= 4 is 17.6 Å². The molecule has 1 aromatic heterocycles. The van der Waals surface area contributed by atoms with Gasteiger partial charge in [-0.15, -0.1) is 0 Å². The molecule has 32 heavy (non-hydrogen) atoms. The maximum atomic E-state index is 13.1. The molecule has 1 aliphatic rings. The van der Waals surface area contributed by atoms with Gasteiger partial charge in [-0.2, -0.15) is 13.2 Å². The van der Waals surface area contributed by atoms with E-state index in [0.717, 1.165) is 43.5 Å². The topological polar surface area (TPSA) is 57.6 Å². The van der Waals surface area contributed by atoms with Crippen molar-refractivity contribution in [1.29, 1.82) is 0 Å². The zero-order valence-electron chi connectivity index (χ0n) is 18.4. The van der Waals surface area contributed by atoms with Crippen LogP contribution in [0.3, 0.4) is 0 Å². The summed E-state index contributed by atoms with van der Waals surface area (Å²) in [6.45, 7) is 2.78. The van der Waals surface area contributed by atoms with Crippen molar-refractivity contribution in [1.82, 2.24) is 14.4 Å². The Morgan fingerprint density at radius 1 is 1.16 bits per heavy atom. The van der Waals surface area contributed by atoms with Crippen molar-refractivity contribution in [2.24, 2.45) is 7.05 Å². The minimum absolute atomic E-state index is 0.0760. The second kappa shape index (κ2) is 10.1. The number of amides is 3. The van der Waals surface area contributed by atoms with Crippen LogP contribution in [-0.2, 0) is 24.6 Å². The van der Waals surface area contributed by atoms with Gasteiger partial charge in [0.15, 0.2) is 0 Å². The molecule has 2 aromatic rings. The largest absolute Gasteiger partial charge is 0.416 e. The van der Waals surface area contributed by atoms with Crippen molar-refractivity contribution < 1.29 is 22.8 Å². The van der Waals surface area contributed by atoms with Crippen LogP contribution in [0.1, 0.15) is 43.9 Å². The molecule has 1 aliphatic carbocycles. The van der Waals surface area contributed by atoms with E-state index in [9.17, 15) is 22.8 Å². The third-order valence-electron chi connectivity index (χ3n) is 5.55. The lowest BCUT2D eigenvalue weighted by Gasteiger charge is -2.28. The summed E-state index contributed by atoms with van der Waals surface area (Å²) in [4.78, 5) is 29.2. The first-order valence-electron chi connectivity index (χ1n) is 10.8. The Labute approximate surface area is 186 Å². The number of carbonyl (C=O) groups excluding carboxylic acids is 2. The Bertz CT molecular complexity index is 920. The highest BCUT2D eigenvalue weighted by Gasteiger charge is 2.34. The predicted molar refractivity (Wildman–Crippen MR) is 116 cm³/mol. The Morgan fingerprint density at radius 2 is 1.84 bits per heavy atom. The SMILES string of the molecule is CCCCN(CC(=O)N(Cc1cccn1C)C1CC1)C(=O)Nc1ccc(C(F)(F)F)cc1. The molecule has 0 spiro atoms. The van der Waals surface area contributed by atoms with E-state index in [-0.39, 0.29) is 24.2 Å². The average Bonchev–Trinajstić information content (AvgIpc) is 3.50. The van der Waals surface area contributed by atoms with E-state index in [4.69, 9.17) is 0 Å².